The monoisotopic (exact) mass is 491 g/mol. The average Bonchev–Trinajstić information content (AvgIpc) is 2.83. The molecule has 1 aromatic carbocycles. The van der Waals surface area contributed by atoms with Crippen LogP contribution in [0.1, 0.15) is 36.7 Å². The molecule has 1 atom stereocenters. The van der Waals surface area contributed by atoms with Crippen molar-refractivity contribution in [3.05, 3.63) is 69.0 Å². The zero-order valence-corrected chi connectivity index (χ0v) is 19.1. The Hall–Kier alpha value is -2.56. The quantitative estimate of drug-likeness (QED) is 0.501. The van der Waals surface area contributed by atoms with E-state index < -0.39 is 11.6 Å². The minimum atomic E-state index is -0.634. The molecule has 0 amide bonds. The lowest BCUT2D eigenvalue weighted by Gasteiger charge is -2.31. The summed E-state index contributed by atoms with van der Waals surface area (Å²) >= 11 is 7.61. The summed E-state index contributed by atoms with van der Waals surface area (Å²) in [6, 6.07) is 3.47. The molecule has 1 saturated heterocycles. The third-order valence-corrected chi connectivity index (χ3v) is 7.21. The minimum Gasteiger partial charge on any atom is -0.363 e. The molecule has 172 valence electrons. The Bertz CT molecular complexity index is 1250. The highest BCUT2D eigenvalue weighted by Crippen LogP contribution is 2.35. The van der Waals surface area contributed by atoms with Crippen LogP contribution in [0, 0.1) is 11.6 Å². The number of hydrogen-bond donors (Lipinski definition) is 0. The van der Waals surface area contributed by atoms with Gasteiger partial charge in [-0.15, -0.1) is 0 Å². The van der Waals surface area contributed by atoms with Crippen LogP contribution in [-0.2, 0) is 17.7 Å². The number of hydrogen-bond acceptors (Lipinski definition) is 7. The number of anilines is 1. The predicted octanol–water partition coefficient (Wildman–Crippen LogP) is 4.38. The molecule has 33 heavy (non-hydrogen) atoms. The van der Waals surface area contributed by atoms with Crippen molar-refractivity contribution >= 4 is 29.1 Å². The molecule has 7 nitrogen and oxygen atoms in total. The lowest BCUT2D eigenvalue weighted by atomic mass is 10.1. The third kappa shape index (κ3) is 4.47. The summed E-state index contributed by atoms with van der Waals surface area (Å²) in [6.07, 6.45) is 5.88. The van der Waals surface area contributed by atoms with Gasteiger partial charge in [0.05, 0.1) is 24.1 Å². The van der Waals surface area contributed by atoms with Gasteiger partial charge in [0.1, 0.15) is 28.0 Å². The zero-order valence-electron chi connectivity index (χ0n) is 17.5. The number of halogens is 3. The van der Waals surface area contributed by atoms with Gasteiger partial charge >= 0.3 is 0 Å². The van der Waals surface area contributed by atoms with Gasteiger partial charge in [0.15, 0.2) is 6.23 Å². The standard InChI is InChI=1S/C22H20ClF2N5O2S/c23-20-17(10-28-30(22(20)31)19-3-1-2-8-32-19)29-7-6-14-16(11-29)26-12-27-21(14)33-18-5-4-13(24)9-15(18)25/h4-5,9-10,12,19H,1-3,6-8,11H2. The van der Waals surface area contributed by atoms with Crippen molar-refractivity contribution in [3.8, 4) is 0 Å². The van der Waals surface area contributed by atoms with Gasteiger partial charge in [-0.05, 0) is 37.8 Å². The summed E-state index contributed by atoms with van der Waals surface area (Å²) in [6.45, 7) is 1.57. The molecule has 0 saturated carbocycles. The van der Waals surface area contributed by atoms with E-state index in [0.717, 1.165) is 48.3 Å². The summed E-state index contributed by atoms with van der Waals surface area (Å²) in [5, 5.41) is 5.05. The van der Waals surface area contributed by atoms with E-state index in [1.165, 1.54) is 23.1 Å². The van der Waals surface area contributed by atoms with Crippen LogP contribution in [0.3, 0.4) is 0 Å². The number of fused-ring (bicyclic) bond motifs is 1. The normalized spacial score (nSPS) is 18.3. The van der Waals surface area contributed by atoms with E-state index in [9.17, 15) is 13.6 Å². The van der Waals surface area contributed by atoms with Crippen LogP contribution in [0.15, 0.2) is 45.4 Å². The number of rotatable bonds is 4. The maximum absolute atomic E-state index is 14.1. The second kappa shape index (κ2) is 9.36. The molecule has 4 heterocycles. The SMILES string of the molecule is O=c1c(Cl)c(N2CCc3c(ncnc3Sc3ccc(F)cc3F)C2)cnn1C1CCCCO1. The van der Waals surface area contributed by atoms with Gasteiger partial charge < -0.3 is 9.64 Å². The van der Waals surface area contributed by atoms with Crippen molar-refractivity contribution in [2.45, 2.75) is 48.4 Å². The molecule has 2 aliphatic rings. The Kier molecular flexibility index (Phi) is 6.31. The first-order chi connectivity index (χ1) is 16.0. The van der Waals surface area contributed by atoms with Crippen LogP contribution < -0.4 is 10.5 Å². The van der Waals surface area contributed by atoms with Crippen molar-refractivity contribution in [1.82, 2.24) is 19.7 Å². The van der Waals surface area contributed by atoms with Crippen molar-refractivity contribution in [1.29, 1.82) is 0 Å². The summed E-state index contributed by atoms with van der Waals surface area (Å²) in [5.74, 6) is -1.26. The van der Waals surface area contributed by atoms with Crippen molar-refractivity contribution in [3.63, 3.8) is 0 Å². The predicted molar refractivity (Wildman–Crippen MR) is 120 cm³/mol. The molecule has 3 aromatic rings. The highest BCUT2D eigenvalue weighted by molar-refractivity contribution is 7.99. The fourth-order valence-electron chi connectivity index (χ4n) is 4.06. The van der Waals surface area contributed by atoms with Crippen LogP contribution in [0.25, 0.3) is 0 Å². The Balaban J connectivity index is 1.39. The second-order valence-corrected chi connectivity index (χ2v) is 9.28. The van der Waals surface area contributed by atoms with E-state index in [2.05, 4.69) is 15.1 Å². The van der Waals surface area contributed by atoms with Gasteiger partial charge in [-0.3, -0.25) is 4.79 Å². The molecule has 0 radical (unpaired) electrons. The first-order valence-corrected chi connectivity index (χ1v) is 11.8. The maximum Gasteiger partial charge on any atom is 0.290 e. The molecule has 1 fully saturated rings. The molecule has 0 bridgehead atoms. The topological polar surface area (TPSA) is 73.1 Å². The molecule has 1 unspecified atom stereocenters. The first kappa shape index (κ1) is 22.2. The first-order valence-electron chi connectivity index (χ1n) is 10.6. The Morgan fingerprint density at radius 1 is 1.21 bits per heavy atom. The van der Waals surface area contributed by atoms with Crippen LogP contribution >= 0.6 is 23.4 Å². The molecule has 11 heteroatoms. The Morgan fingerprint density at radius 2 is 2.09 bits per heavy atom. The fourth-order valence-corrected chi connectivity index (χ4v) is 5.26. The van der Waals surface area contributed by atoms with Crippen LogP contribution in [0.4, 0.5) is 14.5 Å². The third-order valence-electron chi connectivity index (χ3n) is 5.76. The summed E-state index contributed by atoms with van der Waals surface area (Å²) < 4.78 is 34.3. The maximum atomic E-state index is 14.1. The molecular formula is C22H20ClF2N5O2S. The van der Waals surface area contributed by atoms with Gasteiger partial charge in [-0.2, -0.15) is 9.78 Å². The van der Waals surface area contributed by atoms with Crippen molar-refractivity contribution in [2.75, 3.05) is 18.1 Å². The van der Waals surface area contributed by atoms with Crippen molar-refractivity contribution < 1.29 is 13.5 Å². The molecule has 2 aromatic heterocycles. The zero-order chi connectivity index (χ0) is 22.9. The Morgan fingerprint density at radius 3 is 2.88 bits per heavy atom. The van der Waals surface area contributed by atoms with Gasteiger partial charge in [0.25, 0.3) is 5.56 Å². The van der Waals surface area contributed by atoms with Gasteiger partial charge in [-0.1, -0.05) is 23.4 Å². The minimum absolute atomic E-state index is 0.0969. The van der Waals surface area contributed by atoms with E-state index >= 15 is 0 Å². The Labute approximate surface area is 197 Å². The van der Waals surface area contributed by atoms with E-state index in [4.69, 9.17) is 16.3 Å². The summed E-state index contributed by atoms with van der Waals surface area (Å²) in [7, 11) is 0. The van der Waals surface area contributed by atoms with Gasteiger partial charge in [0, 0.05) is 29.7 Å². The lowest BCUT2D eigenvalue weighted by Crippen LogP contribution is -2.36. The fraction of sp³-hybridized carbons (Fsp3) is 0.364. The van der Waals surface area contributed by atoms with Crippen LogP contribution in [0.2, 0.25) is 5.02 Å². The van der Waals surface area contributed by atoms with E-state index in [1.54, 1.807) is 6.20 Å². The largest absolute Gasteiger partial charge is 0.363 e. The highest BCUT2D eigenvalue weighted by atomic mass is 35.5. The van der Waals surface area contributed by atoms with E-state index in [1.807, 2.05) is 4.90 Å². The molecule has 0 spiro atoms. The van der Waals surface area contributed by atoms with E-state index in [-0.39, 0.29) is 16.8 Å². The highest BCUT2D eigenvalue weighted by Gasteiger charge is 2.26. The second-order valence-electron chi connectivity index (χ2n) is 7.87. The van der Waals surface area contributed by atoms with Crippen LogP contribution in [0.5, 0.6) is 0 Å². The van der Waals surface area contributed by atoms with Gasteiger partial charge in [-0.25, -0.2) is 18.7 Å². The molecule has 2 aliphatic heterocycles. The smallest absolute Gasteiger partial charge is 0.290 e. The average molecular weight is 492 g/mol. The molecule has 5 rings (SSSR count). The van der Waals surface area contributed by atoms with Crippen molar-refractivity contribution in [2.24, 2.45) is 0 Å². The number of ether oxygens (including phenoxy) is 1. The summed E-state index contributed by atoms with van der Waals surface area (Å²) in [4.78, 5) is 23.8. The number of nitrogens with zero attached hydrogens (tertiary/aromatic N) is 5. The molecular weight excluding hydrogens is 472 g/mol. The van der Waals surface area contributed by atoms with Crippen LogP contribution in [-0.4, -0.2) is 32.9 Å². The molecule has 0 aliphatic carbocycles. The molecule has 0 N–H and O–H groups in total. The lowest BCUT2D eigenvalue weighted by molar-refractivity contribution is -0.0424. The summed E-state index contributed by atoms with van der Waals surface area (Å²) in [5.41, 5.74) is 1.82. The number of benzene rings is 1. The van der Waals surface area contributed by atoms with E-state index in [0.29, 0.717) is 41.7 Å². The number of aromatic nitrogens is 4. The van der Waals surface area contributed by atoms with Gasteiger partial charge in [0.2, 0.25) is 0 Å².